The molecule has 0 aliphatic carbocycles. The molecule has 0 radical (unpaired) electrons. The van der Waals surface area contributed by atoms with E-state index in [0.717, 1.165) is 11.3 Å². The fraction of sp³-hybridized carbons (Fsp3) is 0.214. The molecule has 0 fully saturated rings. The molecule has 0 bridgehead atoms. The van der Waals surface area contributed by atoms with Crippen molar-refractivity contribution in [2.45, 2.75) is 13.0 Å². The number of hydrogen-bond acceptors (Lipinski definition) is 5. The molecule has 2 rings (SSSR count). The van der Waals surface area contributed by atoms with Crippen LogP contribution in [0.15, 0.2) is 36.7 Å². The van der Waals surface area contributed by atoms with Crippen molar-refractivity contribution >= 4 is 11.7 Å². The summed E-state index contributed by atoms with van der Waals surface area (Å²) in [5.41, 5.74) is 6.64. The maximum absolute atomic E-state index is 12.0. The molecule has 6 nitrogen and oxygen atoms in total. The van der Waals surface area contributed by atoms with Gasteiger partial charge in [-0.15, -0.1) is 0 Å². The van der Waals surface area contributed by atoms with Crippen LogP contribution in [0.1, 0.15) is 29.0 Å². The van der Waals surface area contributed by atoms with E-state index in [1.807, 2.05) is 31.2 Å². The number of hydrogen-bond donors (Lipinski definition) is 2. The van der Waals surface area contributed by atoms with Crippen LogP contribution < -0.4 is 15.8 Å². The van der Waals surface area contributed by atoms with Crippen molar-refractivity contribution < 1.29 is 9.53 Å². The third-order valence-corrected chi connectivity index (χ3v) is 2.87. The first-order chi connectivity index (χ1) is 9.60. The number of amides is 1. The SMILES string of the molecule is COc1ccc(C(C)NC(=O)c2cnc(N)cn2)cc1. The number of methoxy groups -OCH3 is 1. The van der Waals surface area contributed by atoms with E-state index in [1.165, 1.54) is 12.4 Å². The lowest BCUT2D eigenvalue weighted by Crippen LogP contribution is -2.27. The summed E-state index contributed by atoms with van der Waals surface area (Å²) >= 11 is 0. The highest BCUT2D eigenvalue weighted by molar-refractivity contribution is 5.92. The predicted molar refractivity (Wildman–Crippen MR) is 75.3 cm³/mol. The average molecular weight is 272 g/mol. The lowest BCUT2D eigenvalue weighted by molar-refractivity contribution is 0.0934. The van der Waals surface area contributed by atoms with Crippen LogP contribution in [0.25, 0.3) is 0 Å². The predicted octanol–water partition coefficient (Wildman–Crippen LogP) is 1.56. The maximum Gasteiger partial charge on any atom is 0.271 e. The number of anilines is 1. The standard InChI is InChI=1S/C14H16N4O2/c1-9(10-3-5-11(20-2)6-4-10)18-14(19)12-7-17-13(15)8-16-12/h3-9H,1-2H3,(H2,15,17)(H,18,19). The zero-order chi connectivity index (χ0) is 14.5. The maximum atomic E-state index is 12.0. The van der Waals surface area contributed by atoms with Gasteiger partial charge in [0.15, 0.2) is 0 Å². The topological polar surface area (TPSA) is 90.1 Å². The summed E-state index contributed by atoms with van der Waals surface area (Å²) in [7, 11) is 1.61. The van der Waals surface area contributed by atoms with E-state index in [9.17, 15) is 4.79 Å². The molecule has 1 atom stereocenters. The Bertz CT molecular complexity index is 581. The molecule has 0 saturated heterocycles. The number of nitrogens with two attached hydrogens (primary N) is 1. The van der Waals surface area contributed by atoms with Gasteiger partial charge in [0.1, 0.15) is 17.3 Å². The molecule has 104 valence electrons. The lowest BCUT2D eigenvalue weighted by atomic mass is 10.1. The van der Waals surface area contributed by atoms with Crippen LogP contribution >= 0.6 is 0 Å². The number of carbonyl (C=O) groups excluding carboxylic acids is 1. The van der Waals surface area contributed by atoms with E-state index in [2.05, 4.69) is 15.3 Å². The van der Waals surface area contributed by atoms with E-state index >= 15 is 0 Å². The molecule has 2 aromatic rings. The van der Waals surface area contributed by atoms with Gasteiger partial charge in [0.25, 0.3) is 5.91 Å². The molecule has 6 heteroatoms. The molecule has 1 heterocycles. The first-order valence-corrected chi connectivity index (χ1v) is 6.12. The van der Waals surface area contributed by atoms with Gasteiger partial charge >= 0.3 is 0 Å². The smallest absolute Gasteiger partial charge is 0.271 e. The molecule has 0 saturated carbocycles. The molecule has 0 aliphatic rings. The summed E-state index contributed by atoms with van der Waals surface area (Å²) in [5.74, 6) is 0.766. The molecule has 0 spiro atoms. The Morgan fingerprint density at radius 2 is 1.95 bits per heavy atom. The van der Waals surface area contributed by atoms with Crippen LogP contribution in [-0.4, -0.2) is 23.0 Å². The molecule has 3 N–H and O–H groups in total. The number of nitrogens with one attached hydrogen (secondary N) is 1. The largest absolute Gasteiger partial charge is 0.497 e. The fourth-order valence-corrected chi connectivity index (χ4v) is 1.70. The Hall–Kier alpha value is -2.63. The normalized spacial score (nSPS) is 11.7. The lowest BCUT2D eigenvalue weighted by Gasteiger charge is -2.14. The number of rotatable bonds is 4. The van der Waals surface area contributed by atoms with Gasteiger partial charge in [0.05, 0.1) is 25.5 Å². The molecule has 1 aromatic heterocycles. The van der Waals surface area contributed by atoms with Crippen molar-refractivity contribution in [2.24, 2.45) is 0 Å². The summed E-state index contributed by atoms with van der Waals surface area (Å²) in [5, 5.41) is 2.85. The van der Waals surface area contributed by atoms with Gasteiger partial charge in [0.2, 0.25) is 0 Å². The zero-order valence-corrected chi connectivity index (χ0v) is 11.3. The molecule has 1 amide bonds. The third-order valence-electron chi connectivity index (χ3n) is 2.87. The molecular formula is C14H16N4O2. The van der Waals surface area contributed by atoms with Crippen LogP contribution in [0.4, 0.5) is 5.82 Å². The van der Waals surface area contributed by atoms with Gasteiger partial charge in [-0.3, -0.25) is 4.79 Å². The number of carbonyl (C=O) groups is 1. The van der Waals surface area contributed by atoms with Crippen molar-refractivity contribution in [3.63, 3.8) is 0 Å². The van der Waals surface area contributed by atoms with E-state index < -0.39 is 0 Å². The van der Waals surface area contributed by atoms with E-state index in [0.29, 0.717) is 0 Å². The highest BCUT2D eigenvalue weighted by atomic mass is 16.5. The Labute approximate surface area is 117 Å². The van der Waals surface area contributed by atoms with Gasteiger partial charge in [-0.1, -0.05) is 12.1 Å². The minimum Gasteiger partial charge on any atom is -0.497 e. The van der Waals surface area contributed by atoms with Crippen LogP contribution in [0, 0.1) is 0 Å². The van der Waals surface area contributed by atoms with Gasteiger partial charge in [-0.05, 0) is 24.6 Å². The number of nitrogens with zero attached hydrogens (tertiary/aromatic N) is 2. The summed E-state index contributed by atoms with van der Waals surface area (Å²) < 4.78 is 5.09. The van der Waals surface area contributed by atoms with Crippen LogP contribution in [-0.2, 0) is 0 Å². The van der Waals surface area contributed by atoms with Gasteiger partial charge in [-0.25, -0.2) is 9.97 Å². The fourth-order valence-electron chi connectivity index (χ4n) is 1.70. The minimum atomic E-state index is -0.291. The molecule has 0 aliphatic heterocycles. The number of nitrogen functional groups attached to an aromatic ring is 1. The van der Waals surface area contributed by atoms with Crippen LogP contribution in [0.2, 0.25) is 0 Å². The van der Waals surface area contributed by atoms with Crippen molar-refractivity contribution in [2.75, 3.05) is 12.8 Å². The van der Waals surface area contributed by atoms with E-state index in [1.54, 1.807) is 7.11 Å². The third kappa shape index (κ3) is 3.23. The Balaban J connectivity index is 2.04. The first kappa shape index (κ1) is 13.8. The van der Waals surface area contributed by atoms with Crippen molar-refractivity contribution in [3.05, 3.63) is 47.9 Å². The molecular weight excluding hydrogens is 256 g/mol. The second-order valence-corrected chi connectivity index (χ2v) is 4.29. The highest BCUT2D eigenvalue weighted by Gasteiger charge is 2.12. The molecule has 1 aromatic carbocycles. The molecule has 1 unspecified atom stereocenters. The first-order valence-electron chi connectivity index (χ1n) is 6.12. The van der Waals surface area contributed by atoms with Crippen molar-refractivity contribution in [3.8, 4) is 5.75 Å². The second-order valence-electron chi connectivity index (χ2n) is 4.29. The van der Waals surface area contributed by atoms with E-state index in [-0.39, 0.29) is 23.5 Å². The summed E-state index contributed by atoms with van der Waals surface area (Å²) in [6.45, 7) is 1.89. The van der Waals surface area contributed by atoms with Crippen molar-refractivity contribution in [1.82, 2.24) is 15.3 Å². The van der Waals surface area contributed by atoms with Crippen molar-refractivity contribution in [1.29, 1.82) is 0 Å². The Morgan fingerprint density at radius 3 is 2.50 bits per heavy atom. The van der Waals surface area contributed by atoms with Gasteiger partial charge in [0, 0.05) is 0 Å². The van der Waals surface area contributed by atoms with Gasteiger partial charge < -0.3 is 15.8 Å². The summed E-state index contributed by atoms with van der Waals surface area (Å²) in [6.07, 6.45) is 2.71. The monoisotopic (exact) mass is 272 g/mol. The summed E-state index contributed by atoms with van der Waals surface area (Å²) in [6, 6.07) is 7.35. The number of benzene rings is 1. The number of ether oxygens (including phenoxy) is 1. The quantitative estimate of drug-likeness (QED) is 0.881. The molecule has 20 heavy (non-hydrogen) atoms. The number of aromatic nitrogens is 2. The zero-order valence-electron chi connectivity index (χ0n) is 11.3. The van der Waals surface area contributed by atoms with Crippen LogP contribution in [0.3, 0.4) is 0 Å². The van der Waals surface area contributed by atoms with Crippen LogP contribution in [0.5, 0.6) is 5.75 Å². The Kier molecular flexibility index (Phi) is 4.14. The highest BCUT2D eigenvalue weighted by Crippen LogP contribution is 2.17. The second kappa shape index (κ2) is 6.01. The van der Waals surface area contributed by atoms with E-state index in [4.69, 9.17) is 10.5 Å². The Morgan fingerprint density at radius 1 is 1.25 bits per heavy atom. The minimum absolute atomic E-state index is 0.146. The average Bonchev–Trinajstić information content (AvgIpc) is 2.48. The summed E-state index contributed by atoms with van der Waals surface area (Å²) in [4.78, 5) is 19.8. The van der Waals surface area contributed by atoms with Gasteiger partial charge in [-0.2, -0.15) is 0 Å².